The third-order valence-electron chi connectivity index (χ3n) is 3.08. The Balaban J connectivity index is 3.88. The van der Waals surface area contributed by atoms with E-state index in [9.17, 15) is 4.57 Å². The molecule has 0 saturated heterocycles. The Hall–Kier alpha value is 0.0669. The fourth-order valence-electron chi connectivity index (χ4n) is 0.957. The molecule has 0 radical (unpaired) electrons. The van der Waals surface area contributed by atoms with Crippen LogP contribution in [0, 0.1) is 0 Å². The van der Waals surface area contributed by atoms with Crippen LogP contribution in [0.25, 0.3) is 0 Å². The standard InChI is InChI=1S/C11H25O4PSi/c1-11(2,3)17(4,5)15-9-7-6-8-10-16(12,13)14/h8,10H,6-7,9H2,1-5H3,(H2,12,13,14). The zero-order chi connectivity index (χ0) is 13.7. The van der Waals surface area contributed by atoms with E-state index in [1.54, 1.807) is 0 Å². The molecule has 0 atom stereocenters. The van der Waals surface area contributed by atoms with Gasteiger partial charge in [-0.15, -0.1) is 0 Å². The number of unbranched alkanes of at least 4 members (excludes halogenated alkanes) is 1. The Morgan fingerprint density at radius 2 is 1.82 bits per heavy atom. The number of hydrogen-bond acceptors (Lipinski definition) is 2. The average molecular weight is 280 g/mol. The SMILES string of the molecule is CC(C)(C)[Si](C)(C)OCCCC=CP(=O)(O)O. The lowest BCUT2D eigenvalue weighted by Crippen LogP contribution is -2.40. The minimum Gasteiger partial charge on any atom is -0.417 e. The summed E-state index contributed by atoms with van der Waals surface area (Å²) in [6.07, 6.45) is 2.96. The van der Waals surface area contributed by atoms with E-state index in [1.807, 2.05) is 0 Å². The van der Waals surface area contributed by atoms with Crippen LogP contribution >= 0.6 is 7.60 Å². The zero-order valence-electron chi connectivity index (χ0n) is 11.4. The van der Waals surface area contributed by atoms with Gasteiger partial charge in [0.05, 0.1) is 0 Å². The molecule has 0 amide bonds. The Morgan fingerprint density at radius 1 is 1.29 bits per heavy atom. The molecule has 6 heteroatoms. The van der Waals surface area contributed by atoms with Crippen molar-refractivity contribution < 1.29 is 18.8 Å². The van der Waals surface area contributed by atoms with Crippen LogP contribution in [-0.2, 0) is 8.99 Å². The quantitative estimate of drug-likeness (QED) is 0.444. The first-order chi connectivity index (χ1) is 7.46. The topological polar surface area (TPSA) is 66.8 Å². The molecule has 0 saturated carbocycles. The molecule has 4 nitrogen and oxygen atoms in total. The van der Waals surface area contributed by atoms with E-state index in [4.69, 9.17) is 14.2 Å². The first kappa shape index (κ1) is 17.1. The maximum atomic E-state index is 10.5. The minimum atomic E-state index is -3.99. The molecule has 0 aliphatic rings. The van der Waals surface area contributed by atoms with E-state index in [-0.39, 0.29) is 5.04 Å². The van der Waals surface area contributed by atoms with E-state index < -0.39 is 15.9 Å². The summed E-state index contributed by atoms with van der Waals surface area (Å²) < 4.78 is 16.5. The fourth-order valence-corrected chi connectivity index (χ4v) is 2.47. The molecule has 17 heavy (non-hydrogen) atoms. The van der Waals surface area contributed by atoms with E-state index in [2.05, 4.69) is 33.9 Å². The van der Waals surface area contributed by atoms with Crippen LogP contribution in [0.1, 0.15) is 33.6 Å². The molecule has 0 bridgehead atoms. The molecule has 0 aliphatic carbocycles. The normalized spacial score (nSPS) is 14.5. The van der Waals surface area contributed by atoms with Crippen molar-refractivity contribution in [2.45, 2.75) is 51.7 Å². The Bertz CT molecular complexity index is 301. The molecule has 0 aromatic carbocycles. The summed E-state index contributed by atoms with van der Waals surface area (Å²) in [7, 11) is -5.67. The number of rotatable bonds is 6. The van der Waals surface area contributed by atoms with Crippen molar-refractivity contribution in [2.75, 3.05) is 6.61 Å². The van der Waals surface area contributed by atoms with Crippen LogP contribution in [0.2, 0.25) is 18.1 Å². The lowest BCUT2D eigenvalue weighted by atomic mass is 10.2. The van der Waals surface area contributed by atoms with Gasteiger partial charge in [-0.2, -0.15) is 0 Å². The Morgan fingerprint density at radius 3 is 2.24 bits per heavy atom. The number of allylic oxidation sites excluding steroid dienone is 1. The van der Waals surface area contributed by atoms with Gasteiger partial charge in [0, 0.05) is 12.4 Å². The smallest absolute Gasteiger partial charge is 0.348 e. The molecule has 0 rings (SSSR count). The van der Waals surface area contributed by atoms with Gasteiger partial charge in [-0.25, -0.2) is 0 Å². The van der Waals surface area contributed by atoms with E-state index in [0.717, 1.165) is 12.2 Å². The molecule has 0 aromatic rings. The van der Waals surface area contributed by atoms with Crippen LogP contribution in [0.15, 0.2) is 11.9 Å². The molecule has 0 aromatic heterocycles. The lowest BCUT2D eigenvalue weighted by molar-refractivity contribution is 0.283. The van der Waals surface area contributed by atoms with Gasteiger partial charge in [0.15, 0.2) is 8.32 Å². The van der Waals surface area contributed by atoms with Crippen LogP contribution in [0.5, 0.6) is 0 Å². The summed E-state index contributed by atoms with van der Waals surface area (Å²) >= 11 is 0. The minimum absolute atomic E-state index is 0.203. The molecule has 2 N–H and O–H groups in total. The van der Waals surface area contributed by atoms with E-state index in [1.165, 1.54) is 6.08 Å². The zero-order valence-corrected chi connectivity index (χ0v) is 13.3. The summed E-state index contributed by atoms with van der Waals surface area (Å²) in [5.74, 6) is 0.958. The van der Waals surface area contributed by atoms with Gasteiger partial charge >= 0.3 is 7.60 Å². The lowest BCUT2D eigenvalue weighted by Gasteiger charge is -2.36. The molecular formula is C11H25O4PSi. The highest BCUT2D eigenvalue weighted by molar-refractivity contribution is 7.55. The van der Waals surface area contributed by atoms with Gasteiger partial charge < -0.3 is 14.2 Å². The average Bonchev–Trinajstić information content (AvgIpc) is 2.07. The second-order valence-electron chi connectivity index (χ2n) is 5.72. The van der Waals surface area contributed by atoms with Gasteiger partial charge in [0.25, 0.3) is 0 Å². The molecule has 102 valence electrons. The molecule has 0 aliphatic heterocycles. The van der Waals surface area contributed by atoms with Gasteiger partial charge in [-0.05, 0) is 31.0 Å². The predicted molar refractivity (Wildman–Crippen MR) is 73.6 cm³/mol. The summed E-state index contributed by atoms with van der Waals surface area (Å²) in [5.41, 5.74) is 0. The number of hydrogen-bond donors (Lipinski definition) is 2. The molecule has 0 fully saturated rings. The second-order valence-corrected chi connectivity index (χ2v) is 12.0. The maximum absolute atomic E-state index is 10.5. The highest BCUT2D eigenvalue weighted by Gasteiger charge is 2.36. The summed E-state index contributed by atoms with van der Waals surface area (Å²) in [6.45, 7) is 11.6. The van der Waals surface area contributed by atoms with Gasteiger partial charge in [0.2, 0.25) is 0 Å². The first-order valence-corrected chi connectivity index (χ1v) is 10.4. The van der Waals surface area contributed by atoms with Crippen molar-refractivity contribution in [2.24, 2.45) is 0 Å². The Kier molecular flexibility index (Phi) is 6.32. The van der Waals surface area contributed by atoms with Crippen LogP contribution in [0.4, 0.5) is 0 Å². The molecular weight excluding hydrogens is 255 g/mol. The third-order valence-corrected chi connectivity index (χ3v) is 8.22. The fraction of sp³-hybridized carbons (Fsp3) is 0.818. The van der Waals surface area contributed by atoms with Crippen molar-refractivity contribution in [1.29, 1.82) is 0 Å². The largest absolute Gasteiger partial charge is 0.417 e. The second kappa shape index (κ2) is 6.30. The van der Waals surface area contributed by atoms with Gasteiger partial charge in [-0.1, -0.05) is 26.8 Å². The van der Waals surface area contributed by atoms with Crippen LogP contribution in [-0.4, -0.2) is 24.7 Å². The van der Waals surface area contributed by atoms with Crippen LogP contribution < -0.4 is 0 Å². The molecule has 0 unspecified atom stereocenters. The third kappa shape index (κ3) is 7.90. The monoisotopic (exact) mass is 280 g/mol. The van der Waals surface area contributed by atoms with Crippen molar-refractivity contribution in [1.82, 2.24) is 0 Å². The van der Waals surface area contributed by atoms with Crippen molar-refractivity contribution in [3.63, 3.8) is 0 Å². The van der Waals surface area contributed by atoms with Crippen LogP contribution in [0.3, 0.4) is 0 Å². The van der Waals surface area contributed by atoms with E-state index in [0.29, 0.717) is 13.0 Å². The predicted octanol–water partition coefficient (Wildman–Crippen LogP) is 3.48. The molecule has 0 spiro atoms. The summed E-state index contributed by atoms with van der Waals surface area (Å²) in [5, 5.41) is 0.203. The summed E-state index contributed by atoms with van der Waals surface area (Å²) in [6, 6.07) is 0. The Labute approximate surface area is 105 Å². The highest BCUT2D eigenvalue weighted by Crippen LogP contribution is 2.37. The van der Waals surface area contributed by atoms with Crippen molar-refractivity contribution >= 4 is 15.9 Å². The maximum Gasteiger partial charge on any atom is 0.348 e. The van der Waals surface area contributed by atoms with Crippen molar-refractivity contribution in [3.05, 3.63) is 11.9 Å². The first-order valence-electron chi connectivity index (χ1n) is 5.83. The van der Waals surface area contributed by atoms with E-state index >= 15 is 0 Å². The van der Waals surface area contributed by atoms with Gasteiger partial charge in [0.1, 0.15) is 0 Å². The molecule has 0 heterocycles. The highest BCUT2D eigenvalue weighted by atomic mass is 31.2. The van der Waals surface area contributed by atoms with Gasteiger partial charge in [-0.3, -0.25) is 4.57 Å². The summed E-state index contributed by atoms with van der Waals surface area (Å²) in [4.78, 5) is 17.2. The van der Waals surface area contributed by atoms with Crippen molar-refractivity contribution in [3.8, 4) is 0 Å².